The summed E-state index contributed by atoms with van der Waals surface area (Å²) in [6.45, 7) is 3.26. The second kappa shape index (κ2) is 6.53. The van der Waals surface area contributed by atoms with Crippen LogP contribution in [-0.2, 0) is 6.61 Å². The molecular formula is C16H22N2O. The lowest BCUT2D eigenvalue weighted by molar-refractivity contribution is 0.283. The molecule has 102 valence electrons. The van der Waals surface area contributed by atoms with Gasteiger partial charge in [-0.05, 0) is 24.1 Å². The summed E-state index contributed by atoms with van der Waals surface area (Å²) in [5.41, 5.74) is 1.90. The number of para-hydroxylation sites is 1. The van der Waals surface area contributed by atoms with Crippen LogP contribution in [0.25, 0.3) is 10.9 Å². The number of rotatable bonds is 6. The monoisotopic (exact) mass is 258 g/mol. The van der Waals surface area contributed by atoms with Gasteiger partial charge in [-0.15, -0.1) is 0 Å². The van der Waals surface area contributed by atoms with E-state index in [1.165, 1.54) is 19.3 Å². The fourth-order valence-corrected chi connectivity index (χ4v) is 2.27. The highest BCUT2D eigenvalue weighted by atomic mass is 16.3. The van der Waals surface area contributed by atoms with Crippen molar-refractivity contribution in [1.29, 1.82) is 0 Å². The summed E-state index contributed by atoms with van der Waals surface area (Å²) >= 11 is 0. The maximum Gasteiger partial charge on any atom is 0.129 e. The van der Waals surface area contributed by atoms with Crippen molar-refractivity contribution in [3.05, 3.63) is 35.9 Å². The number of anilines is 1. The van der Waals surface area contributed by atoms with E-state index >= 15 is 0 Å². The summed E-state index contributed by atoms with van der Waals surface area (Å²) in [6.07, 6.45) is 3.64. The molecule has 0 aliphatic heterocycles. The molecule has 0 fully saturated rings. The first kappa shape index (κ1) is 13.8. The molecule has 1 N–H and O–H groups in total. The minimum atomic E-state index is 0.0544. The third-order valence-electron chi connectivity index (χ3n) is 3.45. The van der Waals surface area contributed by atoms with E-state index in [-0.39, 0.29) is 6.61 Å². The third-order valence-corrected chi connectivity index (χ3v) is 3.45. The number of aromatic nitrogens is 1. The SMILES string of the molecule is CCCCCN(C)c1cc(CO)c2ccccc2n1. The van der Waals surface area contributed by atoms with Gasteiger partial charge in [0.05, 0.1) is 12.1 Å². The highest BCUT2D eigenvalue weighted by Crippen LogP contribution is 2.22. The van der Waals surface area contributed by atoms with Crippen LogP contribution in [0.4, 0.5) is 5.82 Å². The minimum Gasteiger partial charge on any atom is -0.392 e. The molecule has 0 saturated heterocycles. The van der Waals surface area contributed by atoms with E-state index in [0.717, 1.165) is 28.8 Å². The number of pyridine rings is 1. The number of aliphatic hydroxyl groups is 1. The zero-order valence-electron chi connectivity index (χ0n) is 11.8. The van der Waals surface area contributed by atoms with Crippen molar-refractivity contribution in [1.82, 2.24) is 4.98 Å². The largest absolute Gasteiger partial charge is 0.392 e. The van der Waals surface area contributed by atoms with Crippen molar-refractivity contribution in [3.8, 4) is 0 Å². The zero-order chi connectivity index (χ0) is 13.7. The van der Waals surface area contributed by atoms with Crippen molar-refractivity contribution >= 4 is 16.7 Å². The van der Waals surface area contributed by atoms with Gasteiger partial charge in [0, 0.05) is 19.0 Å². The van der Waals surface area contributed by atoms with Crippen LogP contribution < -0.4 is 4.90 Å². The van der Waals surface area contributed by atoms with Gasteiger partial charge in [-0.3, -0.25) is 0 Å². The number of hydrogen-bond donors (Lipinski definition) is 1. The highest BCUT2D eigenvalue weighted by molar-refractivity contribution is 5.84. The lowest BCUT2D eigenvalue weighted by atomic mass is 10.1. The van der Waals surface area contributed by atoms with Crippen LogP contribution in [0.2, 0.25) is 0 Å². The number of fused-ring (bicyclic) bond motifs is 1. The molecule has 2 rings (SSSR count). The lowest BCUT2D eigenvalue weighted by Gasteiger charge is -2.19. The topological polar surface area (TPSA) is 36.4 Å². The molecule has 1 heterocycles. The van der Waals surface area contributed by atoms with E-state index in [9.17, 15) is 5.11 Å². The van der Waals surface area contributed by atoms with Crippen LogP contribution in [0.15, 0.2) is 30.3 Å². The number of benzene rings is 1. The van der Waals surface area contributed by atoms with Crippen LogP contribution in [0.3, 0.4) is 0 Å². The van der Waals surface area contributed by atoms with Crippen LogP contribution in [-0.4, -0.2) is 23.7 Å². The first-order valence-electron chi connectivity index (χ1n) is 6.97. The molecule has 0 amide bonds. The maximum absolute atomic E-state index is 9.51. The molecule has 1 aromatic carbocycles. The van der Waals surface area contributed by atoms with E-state index in [2.05, 4.69) is 23.9 Å². The van der Waals surface area contributed by atoms with Gasteiger partial charge in [0.15, 0.2) is 0 Å². The fraction of sp³-hybridized carbons (Fsp3) is 0.438. The molecule has 0 aliphatic rings. The van der Waals surface area contributed by atoms with E-state index in [4.69, 9.17) is 0 Å². The zero-order valence-corrected chi connectivity index (χ0v) is 11.8. The Morgan fingerprint density at radius 2 is 2.00 bits per heavy atom. The predicted molar refractivity (Wildman–Crippen MR) is 80.5 cm³/mol. The van der Waals surface area contributed by atoms with E-state index in [1.807, 2.05) is 30.3 Å². The summed E-state index contributed by atoms with van der Waals surface area (Å²) in [7, 11) is 2.06. The Labute approximate surface area is 114 Å². The Morgan fingerprint density at radius 3 is 2.74 bits per heavy atom. The second-order valence-corrected chi connectivity index (χ2v) is 4.94. The normalized spacial score (nSPS) is 10.9. The van der Waals surface area contributed by atoms with Crippen molar-refractivity contribution in [2.24, 2.45) is 0 Å². The molecule has 0 unspecified atom stereocenters. The molecule has 0 radical (unpaired) electrons. The Balaban J connectivity index is 2.28. The smallest absolute Gasteiger partial charge is 0.129 e. The van der Waals surface area contributed by atoms with Crippen LogP contribution in [0.1, 0.15) is 31.7 Å². The second-order valence-electron chi connectivity index (χ2n) is 4.94. The maximum atomic E-state index is 9.51. The molecule has 0 aliphatic carbocycles. The van der Waals surface area contributed by atoms with Gasteiger partial charge in [0.2, 0.25) is 0 Å². The Morgan fingerprint density at radius 1 is 1.21 bits per heavy atom. The molecule has 0 spiro atoms. The lowest BCUT2D eigenvalue weighted by Crippen LogP contribution is -2.20. The van der Waals surface area contributed by atoms with E-state index in [1.54, 1.807) is 0 Å². The van der Waals surface area contributed by atoms with Gasteiger partial charge in [0.25, 0.3) is 0 Å². The van der Waals surface area contributed by atoms with Gasteiger partial charge >= 0.3 is 0 Å². The fourth-order valence-electron chi connectivity index (χ4n) is 2.27. The molecule has 0 bridgehead atoms. The molecule has 0 atom stereocenters. The van der Waals surface area contributed by atoms with Crippen molar-refractivity contribution < 1.29 is 5.11 Å². The molecule has 3 heteroatoms. The quantitative estimate of drug-likeness (QED) is 0.807. The van der Waals surface area contributed by atoms with Gasteiger partial charge in [0.1, 0.15) is 5.82 Å². The van der Waals surface area contributed by atoms with Crippen molar-refractivity contribution in [3.63, 3.8) is 0 Å². The van der Waals surface area contributed by atoms with E-state index in [0.29, 0.717) is 0 Å². The average molecular weight is 258 g/mol. The summed E-state index contributed by atoms with van der Waals surface area (Å²) in [6, 6.07) is 9.96. The summed E-state index contributed by atoms with van der Waals surface area (Å²) in [5.74, 6) is 0.943. The average Bonchev–Trinajstić information content (AvgIpc) is 2.46. The van der Waals surface area contributed by atoms with Crippen LogP contribution in [0.5, 0.6) is 0 Å². The first-order chi connectivity index (χ1) is 9.26. The molecule has 19 heavy (non-hydrogen) atoms. The highest BCUT2D eigenvalue weighted by Gasteiger charge is 2.08. The Bertz CT molecular complexity index is 539. The number of aliphatic hydroxyl groups excluding tert-OH is 1. The molecule has 3 nitrogen and oxygen atoms in total. The van der Waals surface area contributed by atoms with Crippen molar-refractivity contribution in [2.75, 3.05) is 18.5 Å². The van der Waals surface area contributed by atoms with Gasteiger partial charge < -0.3 is 10.0 Å². The molecule has 2 aromatic rings. The van der Waals surface area contributed by atoms with Gasteiger partial charge in [-0.2, -0.15) is 0 Å². The number of nitrogens with zero attached hydrogens (tertiary/aromatic N) is 2. The van der Waals surface area contributed by atoms with Crippen LogP contribution >= 0.6 is 0 Å². The summed E-state index contributed by atoms with van der Waals surface area (Å²) < 4.78 is 0. The number of unbranched alkanes of at least 4 members (excludes halogenated alkanes) is 2. The third kappa shape index (κ3) is 3.24. The summed E-state index contributed by atoms with van der Waals surface area (Å²) in [4.78, 5) is 6.85. The molecular weight excluding hydrogens is 236 g/mol. The Kier molecular flexibility index (Phi) is 4.74. The van der Waals surface area contributed by atoms with Gasteiger partial charge in [-0.25, -0.2) is 4.98 Å². The van der Waals surface area contributed by atoms with E-state index < -0.39 is 0 Å². The molecule has 0 saturated carbocycles. The van der Waals surface area contributed by atoms with Crippen molar-refractivity contribution in [2.45, 2.75) is 32.8 Å². The Hall–Kier alpha value is -1.61. The number of hydrogen-bond acceptors (Lipinski definition) is 3. The summed E-state index contributed by atoms with van der Waals surface area (Å²) in [5, 5.41) is 10.5. The minimum absolute atomic E-state index is 0.0544. The van der Waals surface area contributed by atoms with Gasteiger partial charge in [-0.1, -0.05) is 38.0 Å². The molecule has 1 aromatic heterocycles. The standard InChI is InChI=1S/C16H22N2O/c1-3-4-7-10-18(2)16-11-13(12-19)14-8-5-6-9-15(14)17-16/h5-6,8-9,11,19H,3-4,7,10,12H2,1-2H3. The van der Waals surface area contributed by atoms with Crippen LogP contribution in [0, 0.1) is 0 Å². The first-order valence-corrected chi connectivity index (χ1v) is 6.97. The predicted octanol–water partition coefficient (Wildman–Crippen LogP) is 3.35.